The maximum Gasteiger partial charge on any atom is 0.186 e. The van der Waals surface area contributed by atoms with E-state index in [2.05, 4.69) is 19.4 Å². The molecule has 12 heavy (non-hydrogen) atoms. The largest absolute Gasteiger partial charge is 0.363 e. The Morgan fingerprint density at radius 2 is 2.50 bits per heavy atom. The van der Waals surface area contributed by atoms with Crippen LogP contribution >= 0.6 is 23.3 Å². The third-order valence-corrected chi connectivity index (χ3v) is 2.74. The van der Waals surface area contributed by atoms with Crippen molar-refractivity contribution in [1.82, 2.24) is 14.1 Å². The zero-order chi connectivity index (χ0) is 8.39. The van der Waals surface area contributed by atoms with Gasteiger partial charge in [0.25, 0.3) is 0 Å². The molecule has 1 aliphatic rings. The van der Waals surface area contributed by atoms with Gasteiger partial charge in [0, 0.05) is 12.6 Å². The van der Waals surface area contributed by atoms with E-state index in [9.17, 15) is 0 Å². The maximum absolute atomic E-state index is 5.77. The highest BCUT2D eigenvalue weighted by atomic mass is 35.5. The zero-order valence-electron chi connectivity index (χ0n) is 6.38. The Balaban J connectivity index is 1.98. The topological polar surface area (TPSA) is 49.8 Å². The van der Waals surface area contributed by atoms with Crippen molar-refractivity contribution < 1.29 is 0 Å². The van der Waals surface area contributed by atoms with Crippen LogP contribution in [0.4, 0.5) is 5.82 Å². The van der Waals surface area contributed by atoms with Gasteiger partial charge in [-0.3, -0.25) is 0 Å². The van der Waals surface area contributed by atoms with E-state index in [1.807, 2.05) is 0 Å². The van der Waals surface area contributed by atoms with Gasteiger partial charge >= 0.3 is 0 Å². The molecule has 4 nitrogen and oxygen atoms in total. The smallest absolute Gasteiger partial charge is 0.186 e. The van der Waals surface area contributed by atoms with Crippen molar-refractivity contribution in [1.29, 1.82) is 0 Å². The van der Waals surface area contributed by atoms with E-state index in [4.69, 9.17) is 11.6 Å². The summed E-state index contributed by atoms with van der Waals surface area (Å²) in [5.41, 5.74) is 0. The van der Waals surface area contributed by atoms with Crippen LogP contribution < -0.4 is 10.6 Å². The van der Waals surface area contributed by atoms with Gasteiger partial charge in [-0.1, -0.05) is 11.6 Å². The molecule has 0 aliphatic carbocycles. The average Bonchev–Trinajstić information content (AvgIpc) is 2.65. The molecule has 2 rings (SSSR count). The summed E-state index contributed by atoms with van der Waals surface area (Å²) in [7, 11) is 0. The first-order valence-corrected chi connectivity index (χ1v) is 4.92. The molecule has 1 aliphatic heterocycles. The molecule has 0 bridgehead atoms. The Bertz CT molecular complexity index is 258. The molecule has 1 fully saturated rings. The Morgan fingerprint density at radius 3 is 3.08 bits per heavy atom. The minimum atomic E-state index is 0.450. The number of nitrogens with one attached hydrogen (secondary N) is 2. The predicted molar refractivity (Wildman–Crippen MR) is 49.8 cm³/mol. The second kappa shape index (κ2) is 3.55. The maximum atomic E-state index is 5.77. The van der Waals surface area contributed by atoms with Crippen molar-refractivity contribution in [3.05, 3.63) is 5.15 Å². The van der Waals surface area contributed by atoms with E-state index in [-0.39, 0.29) is 0 Å². The van der Waals surface area contributed by atoms with Crippen LogP contribution in [-0.2, 0) is 0 Å². The number of anilines is 1. The van der Waals surface area contributed by atoms with Crippen LogP contribution in [0.25, 0.3) is 0 Å². The summed E-state index contributed by atoms with van der Waals surface area (Å²) in [5.74, 6) is 0.718. The quantitative estimate of drug-likeness (QED) is 0.754. The van der Waals surface area contributed by atoms with Gasteiger partial charge in [0.05, 0.1) is 11.7 Å². The van der Waals surface area contributed by atoms with Crippen molar-refractivity contribution in [2.45, 2.75) is 12.5 Å². The predicted octanol–water partition coefficient (Wildman–Crippen LogP) is 0.965. The van der Waals surface area contributed by atoms with Crippen molar-refractivity contribution in [3.63, 3.8) is 0 Å². The van der Waals surface area contributed by atoms with E-state index in [0.29, 0.717) is 11.2 Å². The lowest BCUT2D eigenvalue weighted by Gasteiger charge is -2.08. The van der Waals surface area contributed by atoms with Gasteiger partial charge in [0.1, 0.15) is 0 Å². The molecular formula is C6H9ClN4S. The van der Waals surface area contributed by atoms with Gasteiger partial charge in [-0.25, -0.2) is 0 Å². The van der Waals surface area contributed by atoms with Crippen LogP contribution in [0, 0.1) is 0 Å². The summed E-state index contributed by atoms with van der Waals surface area (Å²) in [4.78, 5) is 0. The lowest BCUT2D eigenvalue weighted by Crippen LogP contribution is -2.22. The van der Waals surface area contributed by atoms with Crippen LogP contribution in [0.15, 0.2) is 0 Å². The van der Waals surface area contributed by atoms with Crippen molar-refractivity contribution >= 4 is 29.1 Å². The zero-order valence-corrected chi connectivity index (χ0v) is 7.95. The summed E-state index contributed by atoms with van der Waals surface area (Å²) in [6.45, 7) is 2.04. The molecule has 66 valence electrons. The van der Waals surface area contributed by atoms with Gasteiger partial charge in [0.2, 0.25) is 0 Å². The van der Waals surface area contributed by atoms with Crippen molar-refractivity contribution in [2.24, 2.45) is 0 Å². The number of hydrogen-bond donors (Lipinski definition) is 2. The fraction of sp³-hybridized carbons (Fsp3) is 0.667. The highest BCUT2D eigenvalue weighted by Gasteiger charge is 2.16. The van der Waals surface area contributed by atoms with Crippen LogP contribution in [0.1, 0.15) is 6.42 Å². The van der Waals surface area contributed by atoms with E-state index in [0.717, 1.165) is 37.1 Å². The van der Waals surface area contributed by atoms with E-state index >= 15 is 0 Å². The third-order valence-electron chi connectivity index (χ3n) is 1.85. The Morgan fingerprint density at radius 1 is 1.58 bits per heavy atom. The fourth-order valence-electron chi connectivity index (χ4n) is 1.24. The monoisotopic (exact) mass is 204 g/mol. The molecule has 0 radical (unpaired) electrons. The molecular weight excluding hydrogens is 196 g/mol. The molecule has 2 N–H and O–H groups in total. The number of aromatic nitrogens is 2. The summed E-state index contributed by atoms with van der Waals surface area (Å²) in [6.07, 6.45) is 1.12. The van der Waals surface area contributed by atoms with Crippen LogP contribution in [0.2, 0.25) is 5.15 Å². The van der Waals surface area contributed by atoms with Gasteiger partial charge in [0.15, 0.2) is 11.0 Å². The van der Waals surface area contributed by atoms with Crippen LogP contribution in [0.5, 0.6) is 0 Å². The first-order chi connectivity index (χ1) is 5.86. The summed E-state index contributed by atoms with van der Waals surface area (Å²) >= 11 is 6.91. The molecule has 0 spiro atoms. The molecule has 6 heteroatoms. The molecule has 1 aromatic rings. The second-order valence-corrected chi connectivity index (χ2v) is 3.62. The van der Waals surface area contributed by atoms with Gasteiger partial charge in [-0.2, -0.15) is 8.75 Å². The number of nitrogens with zero attached hydrogens (tertiary/aromatic N) is 2. The van der Waals surface area contributed by atoms with Crippen molar-refractivity contribution in [2.75, 3.05) is 18.4 Å². The highest BCUT2D eigenvalue weighted by molar-refractivity contribution is 6.99. The van der Waals surface area contributed by atoms with Crippen LogP contribution in [-0.4, -0.2) is 27.9 Å². The highest BCUT2D eigenvalue weighted by Crippen LogP contribution is 2.19. The van der Waals surface area contributed by atoms with E-state index in [1.165, 1.54) is 0 Å². The molecule has 0 saturated carbocycles. The Hall–Kier alpha value is -0.390. The minimum absolute atomic E-state index is 0.450. The lowest BCUT2D eigenvalue weighted by molar-refractivity contribution is 0.790. The number of hydrogen-bond acceptors (Lipinski definition) is 5. The summed E-state index contributed by atoms with van der Waals surface area (Å²) < 4.78 is 7.91. The second-order valence-electron chi connectivity index (χ2n) is 2.74. The van der Waals surface area contributed by atoms with Crippen molar-refractivity contribution in [3.8, 4) is 0 Å². The van der Waals surface area contributed by atoms with Crippen LogP contribution in [0.3, 0.4) is 0 Å². The molecule has 0 aromatic carbocycles. The molecule has 1 atom stereocenters. The average molecular weight is 205 g/mol. The Kier molecular flexibility index (Phi) is 2.43. The standard InChI is InChI=1S/C6H9ClN4S/c7-5-6(11-12-10-5)9-4-1-2-8-3-4/h4,8H,1-3H2,(H,9,11)/t4-/m1/s1. The first-order valence-electron chi connectivity index (χ1n) is 3.81. The van der Waals surface area contributed by atoms with Gasteiger partial charge in [-0.05, 0) is 13.0 Å². The molecule has 0 amide bonds. The molecule has 1 saturated heterocycles. The number of halogens is 1. The van der Waals surface area contributed by atoms with Gasteiger partial charge < -0.3 is 10.6 Å². The molecule has 1 aromatic heterocycles. The first kappa shape index (κ1) is 8.22. The normalized spacial score (nSPS) is 22.9. The molecule has 2 heterocycles. The Labute approximate surface area is 79.7 Å². The van der Waals surface area contributed by atoms with E-state index < -0.39 is 0 Å². The summed E-state index contributed by atoms with van der Waals surface area (Å²) in [5, 5.41) is 6.96. The molecule has 0 unspecified atom stereocenters. The van der Waals surface area contributed by atoms with Gasteiger partial charge in [-0.15, -0.1) is 0 Å². The lowest BCUT2D eigenvalue weighted by atomic mass is 10.3. The SMILES string of the molecule is Clc1nsnc1N[C@@H]1CCNC1. The summed E-state index contributed by atoms with van der Waals surface area (Å²) in [6, 6.07) is 0.450. The van der Waals surface area contributed by atoms with E-state index in [1.54, 1.807) is 0 Å². The minimum Gasteiger partial charge on any atom is -0.363 e. The third kappa shape index (κ3) is 1.68. The fourth-order valence-corrected chi connectivity index (χ4v) is 1.89. The number of rotatable bonds is 2.